The first-order valence-corrected chi connectivity index (χ1v) is 21.4. The molecular formula is C43H84O4. The minimum atomic E-state index is -0.287. The fourth-order valence-corrected chi connectivity index (χ4v) is 6.84. The van der Waals surface area contributed by atoms with Gasteiger partial charge in [-0.05, 0) is 57.8 Å². The molecule has 0 aromatic heterocycles. The highest BCUT2D eigenvalue weighted by atomic mass is 16.7. The number of rotatable bonds is 37. The number of aliphatic hydroxyl groups excluding tert-OH is 1. The second kappa shape index (κ2) is 36.9. The largest absolute Gasteiger partial charge is 0.391 e. The minimum Gasteiger partial charge on any atom is -0.391 e. The summed E-state index contributed by atoms with van der Waals surface area (Å²) >= 11 is 0. The molecule has 47 heavy (non-hydrogen) atoms. The van der Waals surface area contributed by atoms with Crippen molar-refractivity contribution in [1.82, 2.24) is 0 Å². The summed E-state index contributed by atoms with van der Waals surface area (Å²) in [6.07, 6.45) is 47.5. The van der Waals surface area contributed by atoms with Gasteiger partial charge in [-0.1, -0.05) is 180 Å². The van der Waals surface area contributed by atoms with Crippen LogP contribution in [0.5, 0.6) is 0 Å². The van der Waals surface area contributed by atoms with E-state index < -0.39 is 0 Å². The van der Waals surface area contributed by atoms with Gasteiger partial charge in [0, 0.05) is 13.2 Å². The summed E-state index contributed by atoms with van der Waals surface area (Å²) in [6, 6.07) is 0. The van der Waals surface area contributed by atoms with Crippen molar-refractivity contribution in [3.8, 4) is 0 Å². The molecule has 0 bridgehead atoms. The standard InChI is InChI=1S/C43H84O4/c1-3-5-7-9-10-11-12-13-14-15-16-17-21-24-27-32-38-45-40-41(44)34-28-25-22-19-18-20-23-26-30-36-42(35-29-8-6-4-2)47-43-37-31-33-39-46-43/h26,30,41-44H,3-25,27-29,31-40H2,1-2H3/t41?,42-,43?/m1/s1. The Morgan fingerprint density at radius 2 is 1.11 bits per heavy atom. The first kappa shape index (κ1) is 44.6. The van der Waals surface area contributed by atoms with Gasteiger partial charge in [0.05, 0.1) is 18.8 Å². The van der Waals surface area contributed by atoms with Crippen LogP contribution in [0.25, 0.3) is 0 Å². The van der Waals surface area contributed by atoms with Gasteiger partial charge in [0.2, 0.25) is 0 Å². The molecule has 0 saturated carbocycles. The van der Waals surface area contributed by atoms with Crippen LogP contribution in [0, 0.1) is 0 Å². The van der Waals surface area contributed by atoms with E-state index >= 15 is 0 Å². The third-order valence-electron chi connectivity index (χ3n) is 10.0. The van der Waals surface area contributed by atoms with Crippen molar-refractivity contribution in [1.29, 1.82) is 0 Å². The number of aliphatic hydroxyl groups is 1. The molecule has 4 nitrogen and oxygen atoms in total. The molecule has 1 fully saturated rings. The quantitative estimate of drug-likeness (QED) is 0.0530. The molecule has 1 heterocycles. The monoisotopic (exact) mass is 665 g/mol. The predicted molar refractivity (Wildman–Crippen MR) is 204 cm³/mol. The zero-order valence-electron chi connectivity index (χ0n) is 32.0. The zero-order valence-corrected chi connectivity index (χ0v) is 32.0. The molecule has 0 amide bonds. The van der Waals surface area contributed by atoms with E-state index in [1.165, 1.54) is 173 Å². The Labute approximate surface area is 295 Å². The van der Waals surface area contributed by atoms with Crippen LogP contribution < -0.4 is 0 Å². The Balaban J connectivity index is 1.83. The molecule has 0 aliphatic carbocycles. The molecule has 1 N–H and O–H groups in total. The highest BCUT2D eigenvalue weighted by Gasteiger charge is 2.19. The second-order valence-electron chi connectivity index (χ2n) is 14.8. The number of hydrogen-bond acceptors (Lipinski definition) is 4. The molecule has 1 aliphatic rings. The lowest BCUT2D eigenvalue weighted by Gasteiger charge is -2.27. The second-order valence-corrected chi connectivity index (χ2v) is 14.8. The van der Waals surface area contributed by atoms with Gasteiger partial charge >= 0.3 is 0 Å². The van der Waals surface area contributed by atoms with E-state index in [0.29, 0.717) is 12.7 Å². The van der Waals surface area contributed by atoms with E-state index in [0.717, 1.165) is 51.7 Å². The Bertz CT molecular complexity index is 617. The lowest BCUT2D eigenvalue weighted by molar-refractivity contribution is -0.188. The molecule has 0 radical (unpaired) electrons. The van der Waals surface area contributed by atoms with Gasteiger partial charge in [-0.15, -0.1) is 0 Å². The van der Waals surface area contributed by atoms with E-state index in [2.05, 4.69) is 26.0 Å². The van der Waals surface area contributed by atoms with Crippen LogP contribution in [0.15, 0.2) is 12.2 Å². The van der Waals surface area contributed by atoms with Crippen LogP contribution >= 0.6 is 0 Å². The summed E-state index contributed by atoms with van der Waals surface area (Å²) in [5.41, 5.74) is 0. The Hall–Kier alpha value is -0.420. The molecule has 280 valence electrons. The average Bonchev–Trinajstić information content (AvgIpc) is 3.08. The summed E-state index contributed by atoms with van der Waals surface area (Å²) in [5.74, 6) is 0. The summed E-state index contributed by atoms with van der Waals surface area (Å²) in [6.45, 7) is 6.76. The summed E-state index contributed by atoms with van der Waals surface area (Å²) in [4.78, 5) is 0. The number of allylic oxidation sites excluding steroid dienone is 1. The zero-order chi connectivity index (χ0) is 33.7. The minimum absolute atomic E-state index is 0.0236. The van der Waals surface area contributed by atoms with Crippen LogP contribution in [0.2, 0.25) is 0 Å². The van der Waals surface area contributed by atoms with Crippen LogP contribution in [0.4, 0.5) is 0 Å². The predicted octanol–water partition coefficient (Wildman–Crippen LogP) is 13.6. The Morgan fingerprint density at radius 3 is 1.68 bits per heavy atom. The molecule has 0 aromatic rings. The van der Waals surface area contributed by atoms with Crippen molar-refractivity contribution >= 4 is 0 Å². The van der Waals surface area contributed by atoms with Gasteiger partial charge in [-0.3, -0.25) is 0 Å². The third kappa shape index (κ3) is 32.5. The maximum Gasteiger partial charge on any atom is 0.157 e. The van der Waals surface area contributed by atoms with E-state index in [1.54, 1.807) is 0 Å². The fraction of sp³-hybridized carbons (Fsp3) is 0.953. The van der Waals surface area contributed by atoms with Crippen LogP contribution in [0.3, 0.4) is 0 Å². The van der Waals surface area contributed by atoms with E-state index in [-0.39, 0.29) is 12.4 Å². The van der Waals surface area contributed by atoms with Crippen LogP contribution in [-0.4, -0.2) is 43.4 Å². The van der Waals surface area contributed by atoms with E-state index in [4.69, 9.17) is 14.2 Å². The highest BCUT2D eigenvalue weighted by Crippen LogP contribution is 2.21. The topological polar surface area (TPSA) is 47.9 Å². The van der Waals surface area contributed by atoms with Gasteiger partial charge in [0.15, 0.2) is 6.29 Å². The van der Waals surface area contributed by atoms with Gasteiger partial charge in [-0.25, -0.2) is 0 Å². The molecule has 2 unspecified atom stereocenters. The van der Waals surface area contributed by atoms with Gasteiger partial charge in [0.1, 0.15) is 0 Å². The van der Waals surface area contributed by atoms with E-state index in [1.807, 2.05) is 0 Å². The van der Waals surface area contributed by atoms with Crippen molar-refractivity contribution in [2.75, 3.05) is 19.8 Å². The van der Waals surface area contributed by atoms with Crippen LogP contribution in [-0.2, 0) is 14.2 Å². The van der Waals surface area contributed by atoms with Crippen LogP contribution in [0.1, 0.15) is 226 Å². The average molecular weight is 665 g/mol. The molecule has 4 heteroatoms. The van der Waals surface area contributed by atoms with Gasteiger partial charge < -0.3 is 19.3 Å². The molecular weight excluding hydrogens is 580 g/mol. The first-order valence-electron chi connectivity index (χ1n) is 21.4. The maximum absolute atomic E-state index is 10.3. The van der Waals surface area contributed by atoms with Crippen molar-refractivity contribution in [2.45, 2.75) is 244 Å². The van der Waals surface area contributed by atoms with Crippen molar-refractivity contribution < 1.29 is 19.3 Å². The maximum atomic E-state index is 10.3. The number of hydrogen-bond donors (Lipinski definition) is 1. The fourth-order valence-electron chi connectivity index (χ4n) is 6.84. The lowest BCUT2D eigenvalue weighted by atomic mass is 10.0. The highest BCUT2D eigenvalue weighted by molar-refractivity contribution is 4.85. The third-order valence-corrected chi connectivity index (χ3v) is 10.0. The van der Waals surface area contributed by atoms with Gasteiger partial charge in [-0.2, -0.15) is 0 Å². The van der Waals surface area contributed by atoms with Crippen molar-refractivity contribution in [3.05, 3.63) is 12.2 Å². The number of unbranched alkanes of at least 4 members (excludes halogenated alkanes) is 24. The SMILES string of the molecule is CCCCCCCCCCCCCCCCCCOCC(O)CCCCCCCCC=CC[C@@H](CCCCCC)OC1CCCCO1. The van der Waals surface area contributed by atoms with E-state index in [9.17, 15) is 5.11 Å². The molecule has 0 spiro atoms. The summed E-state index contributed by atoms with van der Waals surface area (Å²) < 4.78 is 18.0. The Morgan fingerprint density at radius 1 is 0.596 bits per heavy atom. The summed E-state index contributed by atoms with van der Waals surface area (Å²) in [7, 11) is 0. The summed E-state index contributed by atoms with van der Waals surface area (Å²) in [5, 5.41) is 10.3. The molecule has 1 saturated heterocycles. The molecule has 0 aromatic carbocycles. The first-order chi connectivity index (χ1) is 23.3. The molecule has 1 rings (SSSR count). The van der Waals surface area contributed by atoms with Crippen molar-refractivity contribution in [3.63, 3.8) is 0 Å². The molecule has 1 aliphatic heterocycles. The lowest BCUT2D eigenvalue weighted by Crippen LogP contribution is -2.27. The Kier molecular flexibility index (Phi) is 35.0. The molecule has 3 atom stereocenters. The van der Waals surface area contributed by atoms with Crippen molar-refractivity contribution in [2.24, 2.45) is 0 Å². The normalized spacial score (nSPS) is 16.7. The number of ether oxygens (including phenoxy) is 3. The van der Waals surface area contributed by atoms with Gasteiger partial charge in [0.25, 0.3) is 0 Å². The smallest absolute Gasteiger partial charge is 0.157 e.